The number of ether oxygens (including phenoxy) is 1. The van der Waals surface area contributed by atoms with E-state index in [9.17, 15) is 19.7 Å². The highest BCUT2D eigenvalue weighted by Crippen LogP contribution is 2.19. The van der Waals surface area contributed by atoms with E-state index in [-0.39, 0.29) is 31.0 Å². The molecule has 3 aromatic rings. The third kappa shape index (κ3) is 4.32. The van der Waals surface area contributed by atoms with E-state index in [1.54, 1.807) is 0 Å². The van der Waals surface area contributed by atoms with Gasteiger partial charge in [-0.25, -0.2) is 4.79 Å². The Balaban J connectivity index is 1.57. The van der Waals surface area contributed by atoms with Crippen LogP contribution in [0.3, 0.4) is 0 Å². The predicted octanol–water partition coefficient (Wildman–Crippen LogP) is 2.01. The molecule has 2 aromatic carbocycles. The highest BCUT2D eigenvalue weighted by atomic mass is 16.6. The van der Waals surface area contributed by atoms with Gasteiger partial charge in [0.15, 0.2) is 5.58 Å². The summed E-state index contributed by atoms with van der Waals surface area (Å²) >= 11 is 0. The van der Waals surface area contributed by atoms with Crippen LogP contribution < -0.4 is 15.8 Å². The number of nitrogens with zero attached hydrogens (tertiary/aromatic N) is 2. The van der Waals surface area contributed by atoms with Gasteiger partial charge in [0.2, 0.25) is 5.91 Å². The minimum atomic E-state index is -0.753. The maximum Gasteiger partial charge on any atom is 0.420 e. The Morgan fingerprint density at radius 3 is 2.70 bits per heavy atom. The Labute approximate surface area is 153 Å². The normalized spacial score (nSPS) is 10.7. The van der Waals surface area contributed by atoms with E-state index >= 15 is 0 Å². The van der Waals surface area contributed by atoms with Crippen molar-refractivity contribution in [1.82, 2.24) is 9.88 Å². The fourth-order valence-electron chi connectivity index (χ4n) is 2.51. The third-order valence-electron chi connectivity index (χ3n) is 3.88. The molecule has 0 aliphatic carbocycles. The summed E-state index contributed by atoms with van der Waals surface area (Å²) in [6, 6.07) is 11.3. The van der Waals surface area contributed by atoms with Crippen molar-refractivity contribution >= 4 is 22.7 Å². The van der Waals surface area contributed by atoms with Crippen molar-refractivity contribution in [3.05, 3.63) is 68.7 Å². The SMILES string of the molecule is Cc1ccc(OCCNC(=O)Cn2c(=O)oc3cc([N+](=O)[O-])ccc32)cc1. The molecule has 0 aliphatic rings. The Morgan fingerprint density at radius 1 is 1.26 bits per heavy atom. The molecule has 0 unspecified atom stereocenters. The molecule has 0 aliphatic heterocycles. The molecule has 1 N–H and O–H groups in total. The maximum absolute atomic E-state index is 12.1. The van der Waals surface area contributed by atoms with Crippen molar-refractivity contribution in [1.29, 1.82) is 0 Å². The summed E-state index contributed by atoms with van der Waals surface area (Å²) in [7, 11) is 0. The van der Waals surface area contributed by atoms with Crippen LogP contribution in [0.15, 0.2) is 51.7 Å². The smallest absolute Gasteiger partial charge is 0.420 e. The van der Waals surface area contributed by atoms with Crippen LogP contribution in [-0.2, 0) is 11.3 Å². The van der Waals surface area contributed by atoms with Crippen LogP contribution >= 0.6 is 0 Å². The summed E-state index contributed by atoms with van der Waals surface area (Å²) in [5.74, 6) is -0.448. The summed E-state index contributed by atoms with van der Waals surface area (Å²) in [5, 5.41) is 13.4. The summed E-state index contributed by atoms with van der Waals surface area (Å²) in [5.41, 5.74) is 1.31. The van der Waals surface area contributed by atoms with Crippen LogP contribution in [0.4, 0.5) is 5.69 Å². The number of carbonyl (C=O) groups is 1. The van der Waals surface area contributed by atoms with Gasteiger partial charge in [-0.15, -0.1) is 0 Å². The number of fused-ring (bicyclic) bond motifs is 1. The fraction of sp³-hybridized carbons (Fsp3) is 0.222. The Morgan fingerprint density at radius 2 is 2.00 bits per heavy atom. The first-order valence-corrected chi connectivity index (χ1v) is 8.18. The average molecular weight is 371 g/mol. The first-order chi connectivity index (χ1) is 12.9. The van der Waals surface area contributed by atoms with E-state index in [4.69, 9.17) is 9.15 Å². The number of carbonyl (C=O) groups excluding carboxylic acids is 1. The van der Waals surface area contributed by atoms with Gasteiger partial charge in [-0.3, -0.25) is 19.5 Å². The minimum absolute atomic E-state index is 0.0599. The molecule has 0 atom stereocenters. The van der Waals surface area contributed by atoms with Crippen LogP contribution in [0.25, 0.3) is 11.1 Å². The number of non-ortho nitro benzene ring substituents is 1. The average Bonchev–Trinajstić information content (AvgIpc) is 2.95. The Hall–Kier alpha value is -3.62. The molecule has 1 amide bonds. The zero-order valence-electron chi connectivity index (χ0n) is 14.5. The molecule has 0 saturated heterocycles. The van der Waals surface area contributed by atoms with Gasteiger partial charge in [-0.1, -0.05) is 17.7 Å². The van der Waals surface area contributed by atoms with Gasteiger partial charge in [0.25, 0.3) is 5.69 Å². The number of nitrogens with one attached hydrogen (secondary N) is 1. The first kappa shape index (κ1) is 18.2. The standard InChI is InChI=1S/C18H17N3O6/c1-12-2-5-14(6-3-12)26-9-8-19-17(22)11-20-15-7-4-13(21(24)25)10-16(15)27-18(20)23/h2-7,10H,8-9,11H2,1H3,(H,19,22). The molecule has 27 heavy (non-hydrogen) atoms. The van der Waals surface area contributed by atoms with Crippen molar-refractivity contribution in [2.45, 2.75) is 13.5 Å². The van der Waals surface area contributed by atoms with E-state index in [1.807, 2.05) is 31.2 Å². The molecule has 9 nitrogen and oxygen atoms in total. The number of rotatable bonds is 7. The second-order valence-corrected chi connectivity index (χ2v) is 5.87. The number of aryl methyl sites for hydroxylation is 1. The maximum atomic E-state index is 12.1. The van der Waals surface area contributed by atoms with Gasteiger partial charge in [-0.2, -0.15) is 0 Å². The molecule has 0 radical (unpaired) electrons. The number of hydrogen-bond donors (Lipinski definition) is 1. The number of oxazole rings is 1. The molecule has 1 aromatic heterocycles. The van der Waals surface area contributed by atoms with Crippen LogP contribution in [0.2, 0.25) is 0 Å². The van der Waals surface area contributed by atoms with E-state index < -0.39 is 16.6 Å². The van der Waals surface area contributed by atoms with Crippen molar-refractivity contribution in [2.75, 3.05) is 13.2 Å². The lowest BCUT2D eigenvalue weighted by Gasteiger charge is -2.08. The van der Waals surface area contributed by atoms with Crippen LogP contribution in [0, 0.1) is 17.0 Å². The van der Waals surface area contributed by atoms with Gasteiger partial charge in [0, 0.05) is 6.07 Å². The summed E-state index contributed by atoms with van der Waals surface area (Å²) in [4.78, 5) is 34.2. The van der Waals surface area contributed by atoms with Crippen LogP contribution in [0.1, 0.15) is 5.56 Å². The highest BCUT2D eigenvalue weighted by molar-refractivity contribution is 5.80. The van der Waals surface area contributed by atoms with E-state index in [1.165, 1.54) is 12.1 Å². The minimum Gasteiger partial charge on any atom is -0.492 e. The largest absolute Gasteiger partial charge is 0.492 e. The molecule has 0 spiro atoms. The number of aromatic nitrogens is 1. The lowest BCUT2D eigenvalue weighted by atomic mass is 10.2. The molecular formula is C18H17N3O6. The molecule has 9 heteroatoms. The van der Waals surface area contributed by atoms with Gasteiger partial charge in [0.05, 0.1) is 23.1 Å². The first-order valence-electron chi connectivity index (χ1n) is 8.18. The number of hydrogen-bond acceptors (Lipinski definition) is 6. The molecule has 140 valence electrons. The van der Waals surface area contributed by atoms with E-state index in [0.29, 0.717) is 11.3 Å². The summed E-state index contributed by atoms with van der Waals surface area (Å²) in [6.07, 6.45) is 0. The van der Waals surface area contributed by atoms with Crippen molar-refractivity contribution in [3.8, 4) is 5.75 Å². The second-order valence-electron chi connectivity index (χ2n) is 5.87. The van der Waals surface area contributed by atoms with E-state index in [0.717, 1.165) is 16.2 Å². The summed E-state index contributed by atoms with van der Waals surface area (Å²) < 4.78 is 11.6. The van der Waals surface area contributed by atoms with Crippen molar-refractivity contribution in [2.24, 2.45) is 0 Å². The molecule has 0 bridgehead atoms. The zero-order valence-corrected chi connectivity index (χ0v) is 14.5. The third-order valence-corrected chi connectivity index (χ3v) is 3.88. The quantitative estimate of drug-likeness (QED) is 0.386. The Kier molecular flexibility index (Phi) is 5.20. The van der Waals surface area contributed by atoms with Gasteiger partial charge in [-0.05, 0) is 25.1 Å². The molecular weight excluding hydrogens is 354 g/mol. The summed E-state index contributed by atoms with van der Waals surface area (Å²) in [6.45, 7) is 2.27. The van der Waals surface area contributed by atoms with Crippen LogP contribution in [-0.4, -0.2) is 28.5 Å². The van der Waals surface area contributed by atoms with E-state index in [2.05, 4.69) is 5.32 Å². The van der Waals surface area contributed by atoms with Crippen molar-refractivity contribution < 1.29 is 18.9 Å². The molecule has 1 heterocycles. The van der Waals surface area contributed by atoms with Gasteiger partial charge >= 0.3 is 5.76 Å². The fourth-order valence-corrected chi connectivity index (χ4v) is 2.51. The topological polar surface area (TPSA) is 117 Å². The van der Waals surface area contributed by atoms with Gasteiger partial charge < -0.3 is 14.5 Å². The predicted molar refractivity (Wildman–Crippen MR) is 96.8 cm³/mol. The highest BCUT2D eigenvalue weighted by Gasteiger charge is 2.16. The monoisotopic (exact) mass is 371 g/mol. The molecule has 3 rings (SSSR count). The second kappa shape index (κ2) is 7.73. The van der Waals surface area contributed by atoms with Crippen molar-refractivity contribution in [3.63, 3.8) is 0 Å². The molecule has 0 saturated carbocycles. The number of nitro groups is 1. The van der Waals surface area contributed by atoms with Crippen LogP contribution in [0.5, 0.6) is 5.75 Å². The van der Waals surface area contributed by atoms with Gasteiger partial charge in [0.1, 0.15) is 18.9 Å². The molecule has 0 fully saturated rings. The Bertz CT molecular complexity index is 1040. The number of benzene rings is 2. The lowest BCUT2D eigenvalue weighted by Crippen LogP contribution is -2.33. The lowest BCUT2D eigenvalue weighted by molar-refractivity contribution is -0.384. The zero-order chi connectivity index (χ0) is 19.4. The number of amides is 1. The number of nitro benzene ring substituents is 1.